The number of halogens is 3. The molecule has 1 aromatic heterocycles. The number of piperidine rings is 1. The third-order valence-corrected chi connectivity index (χ3v) is 4.76. The fourth-order valence-corrected chi connectivity index (χ4v) is 3.34. The molecule has 1 atom stereocenters. The molecule has 1 unspecified atom stereocenters. The van der Waals surface area contributed by atoms with Gasteiger partial charge in [0.05, 0.1) is 5.56 Å². The first kappa shape index (κ1) is 18.2. The zero-order valence-corrected chi connectivity index (χ0v) is 14.8. The van der Waals surface area contributed by atoms with Crippen molar-refractivity contribution in [1.82, 2.24) is 15.5 Å². The van der Waals surface area contributed by atoms with Crippen molar-refractivity contribution in [1.29, 1.82) is 0 Å². The van der Waals surface area contributed by atoms with Gasteiger partial charge in [-0.15, -0.1) is 10.2 Å². The van der Waals surface area contributed by atoms with E-state index in [2.05, 4.69) is 20.8 Å². The van der Waals surface area contributed by atoms with E-state index in [0.717, 1.165) is 29.3 Å². The highest BCUT2D eigenvalue weighted by atomic mass is 19.4. The third-order valence-electron chi connectivity index (χ3n) is 4.76. The molecule has 1 aliphatic rings. The van der Waals surface area contributed by atoms with Gasteiger partial charge in [0.2, 0.25) is 5.91 Å². The number of nitrogens with zero attached hydrogens (tertiary/aromatic N) is 2. The number of anilines is 1. The summed E-state index contributed by atoms with van der Waals surface area (Å²) >= 11 is 0. The Labute approximate surface area is 159 Å². The van der Waals surface area contributed by atoms with Crippen LogP contribution in [0.15, 0.2) is 48.5 Å². The molecule has 1 saturated heterocycles. The molecule has 0 aliphatic carbocycles. The molecule has 3 aromatic rings. The first-order valence-corrected chi connectivity index (χ1v) is 8.88. The Bertz CT molecular complexity index is 1020. The topological polar surface area (TPSA) is 66.9 Å². The van der Waals surface area contributed by atoms with Crippen molar-refractivity contribution < 1.29 is 18.0 Å². The number of rotatable bonds is 3. The Morgan fingerprint density at radius 1 is 1.00 bits per heavy atom. The summed E-state index contributed by atoms with van der Waals surface area (Å²) in [5.74, 6) is 0.549. The van der Waals surface area contributed by atoms with Gasteiger partial charge < -0.3 is 10.6 Å². The molecular weight excluding hydrogens is 369 g/mol. The van der Waals surface area contributed by atoms with Crippen LogP contribution in [0.4, 0.5) is 19.0 Å². The number of hydrogen-bond acceptors (Lipinski definition) is 4. The number of benzene rings is 2. The first-order chi connectivity index (χ1) is 13.4. The molecule has 0 saturated carbocycles. The van der Waals surface area contributed by atoms with E-state index in [1.165, 1.54) is 12.1 Å². The van der Waals surface area contributed by atoms with E-state index in [9.17, 15) is 18.0 Å². The molecule has 144 valence electrons. The zero-order chi connectivity index (χ0) is 19.7. The van der Waals surface area contributed by atoms with Gasteiger partial charge in [-0.1, -0.05) is 36.4 Å². The number of amides is 1. The molecule has 0 radical (unpaired) electrons. The average Bonchev–Trinajstić information content (AvgIpc) is 2.68. The summed E-state index contributed by atoms with van der Waals surface area (Å²) < 4.78 is 38.4. The van der Waals surface area contributed by atoms with Gasteiger partial charge in [0.1, 0.15) is 5.69 Å². The van der Waals surface area contributed by atoms with Gasteiger partial charge in [-0.25, -0.2) is 0 Å². The van der Waals surface area contributed by atoms with Crippen LogP contribution in [0.25, 0.3) is 22.0 Å². The molecule has 2 N–H and O–H groups in total. The van der Waals surface area contributed by atoms with Crippen LogP contribution in [-0.2, 0) is 11.0 Å². The number of alkyl halides is 3. The standard InChI is InChI=1S/C20H17F3N4O/c21-20(22,23)13-7-5-12(6-8-13)18-15-3-1-2-4-16(15)19(27-26-18)25-14-9-10-24-17(28)11-14/h1-8,14H,9-11H2,(H,24,28)(H,25,27). The Morgan fingerprint density at radius 3 is 2.39 bits per heavy atom. The molecular formula is C20H17F3N4O. The van der Waals surface area contributed by atoms with Gasteiger partial charge in [-0.3, -0.25) is 4.79 Å². The minimum absolute atomic E-state index is 0.0117. The molecule has 8 heteroatoms. The lowest BCUT2D eigenvalue weighted by molar-refractivity contribution is -0.137. The lowest BCUT2D eigenvalue weighted by atomic mass is 10.0. The summed E-state index contributed by atoms with van der Waals surface area (Å²) in [6, 6.07) is 12.3. The highest BCUT2D eigenvalue weighted by Crippen LogP contribution is 2.33. The normalized spacial score (nSPS) is 17.4. The fraction of sp³-hybridized carbons (Fsp3) is 0.250. The van der Waals surface area contributed by atoms with Crippen molar-refractivity contribution in [3.63, 3.8) is 0 Å². The summed E-state index contributed by atoms with van der Waals surface area (Å²) in [7, 11) is 0. The smallest absolute Gasteiger partial charge is 0.365 e. The molecule has 1 amide bonds. The van der Waals surface area contributed by atoms with Crippen molar-refractivity contribution >= 4 is 22.5 Å². The van der Waals surface area contributed by atoms with Gasteiger partial charge in [0, 0.05) is 35.3 Å². The molecule has 0 spiro atoms. The van der Waals surface area contributed by atoms with Crippen molar-refractivity contribution in [2.45, 2.75) is 25.1 Å². The summed E-state index contributed by atoms with van der Waals surface area (Å²) in [5, 5.41) is 16.2. The number of carbonyl (C=O) groups excluding carboxylic acids is 1. The quantitative estimate of drug-likeness (QED) is 0.714. The van der Waals surface area contributed by atoms with Crippen LogP contribution in [0.5, 0.6) is 0 Å². The van der Waals surface area contributed by atoms with Gasteiger partial charge in [-0.05, 0) is 18.6 Å². The maximum atomic E-state index is 12.8. The van der Waals surface area contributed by atoms with Gasteiger partial charge in [0.15, 0.2) is 5.82 Å². The summed E-state index contributed by atoms with van der Waals surface area (Å²) in [5.41, 5.74) is 0.360. The van der Waals surface area contributed by atoms with Crippen LogP contribution in [0, 0.1) is 0 Å². The Balaban J connectivity index is 1.70. The maximum absolute atomic E-state index is 12.8. The number of hydrogen-bond donors (Lipinski definition) is 2. The molecule has 0 bridgehead atoms. The van der Waals surface area contributed by atoms with Crippen molar-refractivity contribution in [3.05, 3.63) is 54.1 Å². The molecule has 28 heavy (non-hydrogen) atoms. The second-order valence-electron chi connectivity index (χ2n) is 6.70. The van der Waals surface area contributed by atoms with E-state index in [-0.39, 0.29) is 11.9 Å². The van der Waals surface area contributed by atoms with Gasteiger partial charge in [-0.2, -0.15) is 13.2 Å². The summed E-state index contributed by atoms with van der Waals surface area (Å²) in [6.07, 6.45) is -3.24. The van der Waals surface area contributed by atoms with E-state index >= 15 is 0 Å². The van der Waals surface area contributed by atoms with E-state index in [4.69, 9.17) is 0 Å². The summed E-state index contributed by atoms with van der Waals surface area (Å²) in [6.45, 7) is 0.603. The minimum atomic E-state index is -4.38. The van der Waals surface area contributed by atoms with Crippen LogP contribution in [0.3, 0.4) is 0 Å². The van der Waals surface area contributed by atoms with E-state index in [1.807, 2.05) is 24.3 Å². The van der Waals surface area contributed by atoms with Crippen LogP contribution < -0.4 is 10.6 Å². The van der Waals surface area contributed by atoms with Crippen LogP contribution in [0.1, 0.15) is 18.4 Å². The van der Waals surface area contributed by atoms with Crippen molar-refractivity contribution in [3.8, 4) is 11.3 Å². The van der Waals surface area contributed by atoms with Gasteiger partial charge >= 0.3 is 6.18 Å². The molecule has 2 aromatic carbocycles. The lowest BCUT2D eigenvalue weighted by Crippen LogP contribution is -2.39. The SMILES string of the molecule is O=C1CC(Nc2nnc(-c3ccc(C(F)(F)F)cc3)c3ccccc23)CCN1. The van der Waals surface area contributed by atoms with Crippen LogP contribution in [0.2, 0.25) is 0 Å². The number of aromatic nitrogens is 2. The maximum Gasteiger partial charge on any atom is 0.416 e. The Morgan fingerprint density at radius 2 is 1.71 bits per heavy atom. The number of fused-ring (bicyclic) bond motifs is 1. The lowest BCUT2D eigenvalue weighted by Gasteiger charge is -2.24. The zero-order valence-electron chi connectivity index (χ0n) is 14.8. The Hall–Kier alpha value is -3.16. The number of carbonyl (C=O) groups is 1. The van der Waals surface area contributed by atoms with Crippen LogP contribution >= 0.6 is 0 Å². The van der Waals surface area contributed by atoms with E-state index < -0.39 is 11.7 Å². The van der Waals surface area contributed by atoms with Crippen LogP contribution in [-0.4, -0.2) is 28.7 Å². The van der Waals surface area contributed by atoms with E-state index in [1.54, 1.807) is 0 Å². The van der Waals surface area contributed by atoms with Crippen molar-refractivity contribution in [2.75, 3.05) is 11.9 Å². The summed E-state index contributed by atoms with van der Waals surface area (Å²) in [4.78, 5) is 11.6. The highest BCUT2D eigenvalue weighted by molar-refractivity contribution is 6.00. The fourth-order valence-electron chi connectivity index (χ4n) is 3.34. The largest absolute Gasteiger partial charge is 0.416 e. The molecule has 2 heterocycles. The molecule has 1 aliphatic heterocycles. The predicted molar refractivity (Wildman–Crippen MR) is 99.6 cm³/mol. The predicted octanol–water partition coefficient (Wildman–Crippen LogP) is 4.01. The first-order valence-electron chi connectivity index (χ1n) is 8.88. The van der Waals surface area contributed by atoms with Crippen molar-refractivity contribution in [2.24, 2.45) is 0 Å². The Kier molecular flexibility index (Phi) is 4.62. The average molecular weight is 386 g/mol. The molecule has 5 nitrogen and oxygen atoms in total. The minimum Gasteiger partial charge on any atom is -0.365 e. The molecule has 4 rings (SSSR count). The second kappa shape index (κ2) is 7.10. The van der Waals surface area contributed by atoms with E-state index in [0.29, 0.717) is 30.0 Å². The van der Waals surface area contributed by atoms with Gasteiger partial charge in [0.25, 0.3) is 0 Å². The number of nitrogens with one attached hydrogen (secondary N) is 2. The third kappa shape index (κ3) is 3.62. The molecule has 1 fully saturated rings. The second-order valence-corrected chi connectivity index (χ2v) is 6.70. The highest BCUT2D eigenvalue weighted by Gasteiger charge is 2.30. The monoisotopic (exact) mass is 386 g/mol.